The van der Waals surface area contributed by atoms with Gasteiger partial charge in [-0.2, -0.15) is 15.4 Å². The molecule has 152 valence electrons. The van der Waals surface area contributed by atoms with Crippen molar-refractivity contribution in [2.45, 2.75) is 13.0 Å². The fourth-order valence-corrected chi connectivity index (χ4v) is 3.08. The molecule has 9 heteroatoms. The fourth-order valence-electron chi connectivity index (χ4n) is 3.08. The molecule has 0 atom stereocenters. The van der Waals surface area contributed by atoms with Crippen molar-refractivity contribution in [3.63, 3.8) is 0 Å². The van der Waals surface area contributed by atoms with Gasteiger partial charge in [-0.15, -0.1) is 0 Å². The van der Waals surface area contributed by atoms with Gasteiger partial charge in [0.1, 0.15) is 16.9 Å². The lowest BCUT2D eigenvalue weighted by molar-refractivity contribution is -0.130. The van der Waals surface area contributed by atoms with E-state index < -0.39 is 0 Å². The standard InChI is InChI=1S/C21H21N7O2/c1-28(13-19-23-12-18(24-19)14-5-3-2-4-6-14)20(29)9-10-22-21(30)15-7-8-16-17(11-15)26-27-25-16/h2-8,11-12H,9-10,13H2,1H3,(H,22,30)(H,23,24)(H,25,26,27). The van der Waals surface area contributed by atoms with Crippen LogP contribution in [-0.2, 0) is 11.3 Å². The first-order valence-corrected chi connectivity index (χ1v) is 9.52. The van der Waals surface area contributed by atoms with Crippen LogP contribution in [0.1, 0.15) is 22.6 Å². The number of benzene rings is 2. The Morgan fingerprint density at radius 1 is 1.07 bits per heavy atom. The molecule has 0 fully saturated rings. The highest BCUT2D eigenvalue weighted by Crippen LogP contribution is 2.16. The van der Waals surface area contributed by atoms with E-state index in [-0.39, 0.29) is 24.8 Å². The van der Waals surface area contributed by atoms with Gasteiger partial charge in [-0.25, -0.2) is 4.98 Å². The van der Waals surface area contributed by atoms with Crippen molar-refractivity contribution in [1.82, 2.24) is 35.6 Å². The lowest BCUT2D eigenvalue weighted by Gasteiger charge is -2.16. The smallest absolute Gasteiger partial charge is 0.251 e. The van der Waals surface area contributed by atoms with Crippen molar-refractivity contribution < 1.29 is 9.59 Å². The third kappa shape index (κ3) is 4.35. The lowest BCUT2D eigenvalue weighted by Crippen LogP contribution is -2.32. The highest BCUT2D eigenvalue weighted by molar-refractivity contribution is 5.97. The number of aromatic nitrogens is 5. The Labute approximate surface area is 172 Å². The SMILES string of the molecule is CN(Cc1ncc(-c2ccccc2)[nH]1)C(=O)CCNC(=O)c1ccc2n[nH]nc2c1. The number of nitrogens with zero attached hydrogens (tertiary/aromatic N) is 4. The third-order valence-electron chi connectivity index (χ3n) is 4.73. The number of nitrogens with one attached hydrogen (secondary N) is 3. The molecular weight excluding hydrogens is 382 g/mol. The van der Waals surface area contributed by atoms with E-state index >= 15 is 0 Å². The second kappa shape index (κ2) is 8.56. The van der Waals surface area contributed by atoms with Crippen LogP contribution in [0.5, 0.6) is 0 Å². The van der Waals surface area contributed by atoms with Crippen LogP contribution in [0.4, 0.5) is 0 Å². The van der Waals surface area contributed by atoms with Crippen LogP contribution in [0.15, 0.2) is 54.7 Å². The molecule has 0 aliphatic rings. The maximum Gasteiger partial charge on any atom is 0.251 e. The van der Waals surface area contributed by atoms with Crippen molar-refractivity contribution in [3.05, 3.63) is 66.1 Å². The van der Waals surface area contributed by atoms with E-state index in [1.54, 1.807) is 36.3 Å². The monoisotopic (exact) mass is 403 g/mol. The summed E-state index contributed by atoms with van der Waals surface area (Å²) >= 11 is 0. The third-order valence-corrected chi connectivity index (χ3v) is 4.73. The van der Waals surface area contributed by atoms with Crippen LogP contribution in [0.25, 0.3) is 22.3 Å². The van der Waals surface area contributed by atoms with Gasteiger partial charge in [0, 0.05) is 25.6 Å². The van der Waals surface area contributed by atoms with Gasteiger partial charge in [0.05, 0.1) is 18.4 Å². The molecule has 0 aliphatic heterocycles. The molecule has 2 amide bonds. The Kier molecular flexibility index (Phi) is 5.51. The molecular formula is C21H21N7O2. The van der Waals surface area contributed by atoms with Crippen LogP contribution < -0.4 is 5.32 Å². The Morgan fingerprint density at radius 2 is 1.87 bits per heavy atom. The number of carbonyl (C=O) groups excluding carboxylic acids is 2. The molecule has 9 nitrogen and oxygen atoms in total. The molecule has 0 radical (unpaired) electrons. The zero-order valence-electron chi connectivity index (χ0n) is 16.4. The number of hydrogen-bond acceptors (Lipinski definition) is 5. The second-order valence-corrected chi connectivity index (χ2v) is 6.89. The first-order valence-electron chi connectivity index (χ1n) is 9.52. The summed E-state index contributed by atoms with van der Waals surface area (Å²) in [6, 6.07) is 14.9. The summed E-state index contributed by atoms with van der Waals surface area (Å²) in [5, 5.41) is 13.2. The maximum absolute atomic E-state index is 12.4. The van der Waals surface area contributed by atoms with E-state index in [4.69, 9.17) is 0 Å². The van der Waals surface area contributed by atoms with E-state index in [0.29, 0.717) is 29.0 Å². The average molecular weight is 403 g/mol. The predicted octanol–water partition coefficient (Wildman–Crippen LogP) is 2.13. The van der Waals surface area contributed by atoms with E-state index in [0.717, 1.165) is 11.3 Å². The van der Waals surface area contributed by atoms with E-state index in [9.17, 15) is 9.59 Å². The highest BCUT2D eigenvalue weighted by atomic mass is 16.2. The molecule has 3 N–H and O–H groups in total. The van der Waals surface area contributed by atoms with E-state index in [1.165, 1.54) is 0 Å². The lowest BCUT2D eigenvalue weighted by atomic mass is 10.2. The molecule has 4 aromatic rings. The second-order valence-electron chi connectivity index (χ2n) is 6.89. The molecule has 2 aromatic heterocycles. The van der Waals surface area contributed by atoms with Gasteiger partial charge in [-0.3, -0.25) is 9.59 Å². The molecule has 0 aliphatic carbocycles. The predicted molar refractivity (Wildman–Crippen MR) is 111 cm³/mol. The number of H-pyrrole nitrogens is 2. The number of amides is 2. The molecule has 2 heterocycles. The number of aromatic amines is 2. The number of imidazole rings is 1. The van der Waals surface area contributed by atoms with Gasteiger partial charge >= 0.3 is 0 Å². The van der Waals surface area contributed by atoms with Gasteiger partial charge in [0.25, 0.3) is 5.91 Å². The van der Waals surface area contributed by atoms with Crippen LogP contribution in [0, 0.1) is 0 Å². The van der Waals surface area contributed by atoms with Crippen molar-refractivity contribution >= 4 is 22.8 Å². The Morgan fingerprint density at radius 3 is 2.70 bits per heavy atom. The van der Waals surface area contributed by atoms with E-state index in [1.807, 2.05) is 30.3 Å². The van der Waals surface area contributed by atoms with Crippen molar-refractivity contribution in [1.29, 1.82) is 0 Å². The number of fused-ring (bicyclic) bond motifs is 1. The molecule has 0 unspecified atom stereocenters. The first kappa shape index (κ1) is 19.3. The zero-order chi connectivity index (χ0) is 20.9. The Hall–Kier alpha value is -4.01. The summed E-state index contributed by atoms with van der Waals surface area (Å²) in [6.07, 6.45) is 1.95. The molecule has 30 heavy (non-hydrogen) atoms. The molecule has 4 rings (SSSR count). The molecule has 0 saturated carbocycles. The van der Waals surface area contributed by atoms with Crippen molar-refractivity contribution in [2.75, 3.05) is 13.6 Å². The van der Waals surface area contributed by atoms with Gasteiger partial charge in [0.15, 0.2) is 0 Å². The molecule has 0 bridgehead atoms. The summed E-state index contributed by atoms with van der Waals surface area (Å²) in [5.74, 6) is 0.364. The van der Waals surface area contributed by atoms with Crippen molar-refractivity contribution in [3.8, 4) is 11.3 Å². The number of carbonyl (C=O) groups is 2. The van der Waals surface area contributed by atoms with Crippen LogP contribution in [0.2, 0.25) is 0 Å². The van der Waals surface area contributed by atoms with Crippen LogP contribution >= 0.6 is 0 Å². The summed E-state index contributed by atoms with van der Waals surface area (Å²) in [7, 11) is 1.72. The minimum atomic E-state index is -0.256. The van der Waals surface area contributed by atoms with Crippen LogP contribution in [0.3, 0.4) is 0 Å². The van der Waals surface area contributed by atoms with Gasteiger partial charge in [-0.1, -0.05) is 30.3 Å². The normalized spacial score (nSPS) is 10.8. The average Bonchev–Trinajstić information content (AvgIpc) is 3.43. The summed E-state index contributed by atoms with van der Waals surface area (Å²) < 4.78 is 0. The zero-order valence-corrected chi connectivity index (χ0v) is 16.4. The topological polar surface area (TPSA) is 120 Å². The summed E-state index contributed by atoms with van der Waals surface area (Å²) in [6.45, 7) is 0.606. The van der Waals surface area contributed by atoms with Gasteiger partial charge in [-0.05, 0) is 23.8 Å². The quantitative estimate of drug-likeness (QED) is 0.437. The number of rotatable bonds is 7. The minimum Gasteiger partial charge on any atom is -0.352 e. The Bertz CT molecular complexity index is 1170. The maximum atomic E-state index is 12.4. The molecule has 0 spiro atoms. The molecule has 2 aromatic carbocycles. The van der Waals surface area contributed by atoms with E-state index in [2.05, 4.69) is 30.7 Å². The number of hydrogen-bond donors (Lipinski definition) is 3. The Balaban J connectivity index is 1.26. The molecule has 0 saturated heterocycles. The summed E-state index contributed by atoms with van der Waals surface area (Å²) in [4.78, 5) is 33.8. The van der Waals surface area contributed by atoms with Gasteiger partial charge in [0.2, 0.25) is 5.91 Å². The largest absolute Gasteiger partial charge is 0.352 e. The first-order chi connectivity index (χ1) is 14.6. The minimum absolute atomic E-state index is 0.0834. The fraction of sp³-hybridized carbons (Fsp3) is 0.190. The summed E-state index contributed by atoms with van der Waals surface area (Å²) in [5.41, 5.74) is 3.73. The van der Waals surface area contributed by atoms with Gasteiger partial charge < -0.3 is 15.2 Å². The van der Waals surface area contributed by atoms with Crippen LogP contribution in [-0.4, -0.2) is 55.7 Å². The van der Waals surface area contributed by atoms with Crippen molar-refractivity contribution in [2.24, 2.45) is 0 Å². The highest BCUT2D eigenvalue weighted by Gasteiger charge is 2.13.